The third-order valence-electron chi connectivity index (χ3n) is 3.53. The van der Waals surface area contributed by atoms with Gasteiger partial charge in [-0.15, -0.1) is 22.7 Å². The maximum Gasteiger partial charge on any atom is 0.267 e. The highest BCUT2D eigenvalue weighted by molar-refractivity contribution is 7.13. The molecule has 0 radical (unpaired) electrons. The molecule has 1 N–H and O–H groups in total. The van der Waals surface area contributed by atoms with E-state index in [1.54, 1.807) is 28.7 Å². The molecule has 3 aromatic heterocycles. The van der Waals surface area contributed by atoms with Crippen LogP contribution in [0.25, 0.3) is 10.6 Å². The molecule has 0 aliphatic carbocycles. The monoisotopic (exact) mass is 359 g/mol. The summed E-state index contributed by atoms with van der Waals surface area (Å²) in [5.41, 5.74) is 0.594. The third kappa shape index (κ3) is 3.98. The van der Waals surface area contributed by atoms with Gasteiger partial charge in [0.15, 0.2) is 0 Å². The second kappa shape index (κ2) is 7.55. The molecule has 0 fully saturated rings. The van der Waals surface area contributed by atoms with Crippen molar-refractivity contribution >= 4 is 28.6 Å². The van der Waals surface area contributed by atoms with E-state index in [9.17, 15) is 9.59 Å². The van der Waals surface area contributed by atoms with Gasteiger partial charge < -0.3 is 5.32 Å². The van der Waals surface area contributed by atoms with Crippen molar-refractivity contribution in [3.05, 3.63) is 62.4 Å². The standard InChI is InChI=1S/C17H17N3O2S2/c1-12(11-18-16(21)10-13-4-2-8-23-13)20-17(22)7-6-14(19-20)15-5-3-9-24-15/h2-9,12H,10-11H2,1H3,(H,18,21). The molecular formula is C17H17N3O2S2. The van der Waals surface area contributed by atoms with Gasteiger partial charge in [-0.05, 0) is 35.9 Å². The largest absolute Gasteiger partial charge is 0.354 e. The van der Waals surface area contributed by atoms with Crippen molar-refractivity contribution in [2.24, 2.45) is 0 Å². The Morgan fingerprint density at radius 3 is 2.71 bits per heavy atom. The van der Waals surface area contributed by atoms with E-state index >= 15 is 0 Å². The molecule has 1 atom stereocenters. The van der Waals surface area contributed by atoms with Crippen LogP contribution in [-0.4, -0.2) is 22.2 Å². The van der Waals surface area contributed by atoms with E-state index in [1.807, 2.05) is 41.9 Å². The van der Waals surface area contributed by atoms with E-state index in [-0.39, 0.29) is 17.5 Å². The van der Waals surface area contributed by atoms with Gasteiger partial charge in [-0.2, -0.15) is 5.10 Å². The molecule has 1 unspecified atom stereocenters. The highest BCUT2D eigenvalue weighted by atomic mass is 32.1. The third-order valence-corrected chi connectivity index (χ3v) is 5.29. The van der Waals surface area contributed by atoms with Gasteiger partial charge in [0.05, 0.1) is 17.3 Å². The zero-order valence-corrected chi connectivity index (χ0v) is 14.8. The summed E-state index contributed by atoms with van der Waals surface area (Å²) in [6.45, 7) is 2.24. The lowest BCUT2D eigenvalue weighted by molar-refractivity contribution is -0.120. The SMILES string of the molecule is CC(CNC(=O)Cc1cccs1)n1nc(-c2cccs2)ccc1=O. The van der Waals surface area contributed by atoms with Crippen LogP contribution in [0.5, 0.6) is 0 Å². The Morgan fingerprint density at radius 2 is 2.00 bits per heavy atom. The predicted molar refractivity (Wildman–Crippen MR) is 97.6 cm³/mol. The molecule has 0 aliphatic rings. The molecule has 5 nitrogen and oxygen atoms in total. The van der Waals surface area contributed by atoms with Crippen molar-refractivity contribution < 1.29 is 4.79 Å². The van der Waals surface area contributed by atoms with Gasteiger partial charge >= 0.3 is 0 Å². The summed E-state index contributed by atoms with van der Waals surface area (Å²) in [4.78, 5) is 26.1. The van der Waals surface area contributed by atoms with Crippen LogP contribution in [0.2, 0.25) is 0 Å². The second-order valence-corrected chi connectivity index (χ2v) is 7.37. The quantitative estimate of drug-likeness (QED) is 0.736. The number of nitrogens with zero attached hydrogens (tertiary/aromatic N) is 2. The Balaban J connectivity index is 1.66. The van der Waals surface area contributed by atoms with Gasteiger partial charge in [0.2, 0.25) is 5.91 Å². The highest BCUT2D eigenvalue weighted by Gasteiger charge is 2.12. The van der Waals surface area contributed by atoms with E-state index in [1.165, 1.54) is 10.7 Å². The van der Waals surface area contributed by atoms with Gasteiger partial charge in [-0.3, -0.25) is 9.59 Å². The Morgan fingerprint density at radius 1 is 1.21 bits per heavy atom. The van der Waals surface area contributed by atoms with Crippen molar-refractivity contribution in [1.82, 2.24) is 15.1 Å². The minimum absolute atomic E-state index is 0.0493. The van der Waals surface area contributed by atoms with E-state index in [4.69, 9.17) is 0 Å². The minimum atomic E-state index is -0.218. The Bertz CT molecular complexity index is 854. The second-order valence-electron chi connectivity index (χ2n) is 5.39. The number of rotatable bonds is 6. The lowest BCUT2D eigenvalue weighted by Crippen LogP contribution is -2.35. The van der Waals surface area contributed by atoms with Crippen LogP contribution >= 0.6 is 22.7 Å². The number of carbonyl (C=O) groups excluding carboxylic acids is 1. The number of carbonyl (C=O) groups is 1. The van der Waals surface area contributed by atoms with Crippen LogP contribution in [0.3, 0.4) is 0 Å². The lowest BCUT2D eigenvalue weighted by atomic mass is 10.3. The number of amides is 1. The molecule has 3 aromatic rings. The van der Waals surface area contributed by atoms with Gasteiger partial charge in [-0.25, -0.2) is 4.68 Å². The summed E-state index contributed by atoms with van der Waals surface area (Å²) >= 11 is 3.13. The van der Waals surface area contributed by atoms with Crippen LogP contribution in [-0.2, 0) is 11.2 Å². The summed E-state index contributed by atoms with van der Waals surface area (Å²) in [5, 5.41) is 11.2. The summed E-state index contributed by atoms with van der Waals surface area (Å²) in [7, 11) is 0. The summed E-state index contributed by atoms with van der Waals surface area (Å²) < 4.78 is 1.43. The van der Waals surface area contributed by atoms with Crippen LogP contribution < -0.4 is 10.9 Å². The highest BCUT2D eigenvalue weighted by Crippen LogP contribution is 2.21. The smallest absolute Gasteiger partial charge is 0.267 e. The first kappa shape index (κ1) is 16.6. The molecular weight excluding hydrogens is 342 g/mol. The first-order chi connectivity index (χ1) is 11.6. The number of nitrogens with one attached hydrogen (secondary N) is 1. The maximum atomic E-state index is 12.1. The summed E-state index contributed by atoms with van der Waals surface area (Å²) in [6, 6.07) is 10.8. The van der Waals surface area contributed by atoms with Crippen LogP contribution in [0.4, 0.5) is 0 Å². The number of thiophene rings is 2. The fraction of sp³-hybridized carbons (Fsp3) is 0.235. The van der Waals surface area contributed by atoms with Crippen molar-refractivity contribution in [2.45, 2.75) is 19.4 Å². The first-order valence-corrected chi connectivity index (χ1v) is 9.32. The van der Waals surface area contributed by atoms with E-state index in [2.05, 4.69) is 10.4 Å². The van der Waals surface area contributed by atoms with Crippen LogP contribution in [0, 0.1) is 0 Å². The fourth-order valence-electron chi connectivity index (χ4n) is 2.28. The van der Waals surface area contributed by atoms with Gasteiger partial charge in [0, 0.05) is 17.5 Å². The molecule has 3 heterocycles. The van der Waals surface area contributed by atoms with Gasteiger partial charge in [0.25, 0.3) is 5.56 Å². The maximum absolute atomic E-state index is 12.1. The molecule has 3 rings (SSSR count). The number of aromatic nitrogens is 2. The average molecular weight is 359 g/mol. The number of hydrogen-bond acceptors (Lipinski definition) is 5. The fourth-order valence-corrected chi connectivity index (χ4v) is 3.67. The molecule has 0 aromatic carbocycles. The Labute approximate surface area is 147 Å². The summed E-state index contributed by atoms with van der Waals surface area (Å²) in [5.74, 6) is -0.0493. The Hall–Kier alpha value is -2.25. The van der Waals surface area contributed by atoms with Gasteiger partial charge in [0.1, 0.15) is 5.69 Å². The zero-order chi connectivity index (χ0) is 16.9. The first-order valence-electron chi connectivity index (χ1n) is 7.56. The minimum Gasteiger partial charge on any atom is -0.354 e. The van der Waals surface area contributed by atoms with Crippen molar-refractivity contribution in [2.75, 3.05) is 6.54 Å². The normalized spacial score (nSPS) is 12.0. The van der Waals surface area contributed by atoms with E-state index in [0.29, 0.717) is 13.0 Å². The van der Waals surface area contributed by atoms with E-state index < -0.39 is 0 Å². The van der Waals surface area contributed by atoms with Crippen molar-refractivity contribution in [3.63, 3.8) is 0 Å². The van der Waals surface area contributed by atoms with Crippen LogP contribution in [0.1, 0.15) is 17.8 Å². The average Bonchev–Trinajstić information content (AvgIpc) is 3.26. The molecule has 124 valence electrons. The van der Waals surface area contributed by atoms with Gasteiger partial charge in [-0.1, -0.05) is 12.1 Å². The lowest BCUT2D eigenvalue weighted by Gasteiger charge is -2.15. The molecule has 0 saturated heterocycles. The number of hydrogen-bond donors (Lipinski definition) is 1. The van der Waals surface area contributed by atoms with E-state index in [0.717, 1.165) is 15.4 Å². The summed E-state index contributed by atoms with van der Waals surface area (Å²) in [6.07, 6.45) is 0.363. The molecule has 24 heavy (non-hydrogen) atoms. The molecule has 7 heteroatoms. The molecule has 1 amide bonds. The van der Waals surface area contributed by atoms with Crippen LogP contribution in [0.15, 0.2) is 52.0 Å². The Kier molecular flexibility index (Phi) is 5.22. The van der Waals surface area contributed by atoms with Crippen molar-refractivity contribution in [3.8, 4) is 10.6 Å². The van der Waals surface area contributed by atoms with Crippen molar-refractivity contribution in [1.29, 1.82) is 0 Å². The predicted octanol–water partition coefficient (Wildman–Crippen LogP) is 2.95. The topological polar surface area (TPSA) is 64.0 Å². The molecule has 0 spiro atoms. The molecule has 0 saturated carbocycles. The molecule has 0 aliphatic heterocycles. The molecule has 0 bridgehead atoms. The zero-order valence-electron chi connectivity index (χ0n) is 13.1.